The van der Waals surface area contributed by atoms with Crippen molar-refractivity contribution >= 4 is 23.1 Å². The van der Waals surface area contributed by atoms with Gasteiger partial charge in [-0.1, -0.05) is 30.3 Å². The van der Waals surface area contributed by atoms with Gasteiger partial charge < -0.3 is 14.6 Å². The minimum Gasteiger partial charge on any atom is -0.493 e. The molecule has 11 heteroatoms. The number of carbonyl (C=O) groups is 1. The van der Waals surface area contributed by atoms with Gasteiger partial charge in [-0.25, -0.2) is 9.78 Å². The Balaban J connectivity index is 1.91. The fourth-order valence-electron chi connectivity index (χ4n) is 3.52. The molecule has 0 unspecified atom stereocenters. The van der Waals surface area contributed by atoms with Crippen molar-refractivity contribution in [3.63, 3.8) is 0 Å². The van der Waals surface area contributed by atoms with Crippen LogP contribution < -0.4 is 15.0 Å². The first-order valence-electron chi connectivity index (χ1n) is 10.9. The van der Waals surface area contributed by atoms with Gasteiger partial charge in [0.25, 0.3) is 5.56 Å². The fraction of sp³-hybridized carbons (Fsp3) is 0.154. The molecule has 0 spiro atoms. The maximum Gasteiger partial charge on any atom is 0.416 e. The monoisotopic (exact) mass is 511 g/mol. The Bertz CT molecular complexity index is 1560. The third kappa shape index (κ3) is 5.30. The van der Waals surface area contributed by atoms with Crippen molar-refractivity contribution in [3.05, 3.63) is 88.2 Å². The van der Waals surface area contributed by atoms with Crippen molar-refractivity contribution < 1.29 is 32.5 Å². The van der Waals surface area contributed by atoms with E-state index in [0.717, 1.165) is 16.8 Å². The first kappa shape index (κ1) is 25.4. The SMILES string of the molecule is COc1cccc(C=Nn2c(-c3cccc(C(F)(F)F)c3)nc3ccccc3c2=O)c1O[C@@H](C)C(=O)O. The zero-order chi connectivity index (χ0) is 26.7. The number of benzene rings is 3. The van der Waals surface area contributed by atoms with Gasteiger partial charge >= 0.3 is 12.1 Å². The molecule has 0 bridgehead atoms. The highest BCUT2D eigenvalue weighted by Crippen LogP contribution is 2.33. The van der Waals surface area contributed by atoms with Crippen LogP contribution in [0.25, 0.3) is 22.3 Å². The molecule has 1 aromatic heterocycles. The summed E-state index contributed by atoms with van der Waals surface area (Å²) in [6.07, 6.45) is -4.61. The second kappa shape index (κ2) is 10.1. The number of aliphatic carboxylic acids is 1. The number of aromatic nitrogens is 2. The lowest BCUT2D eigenvalue weighted by Crippen LogP contribution is -2.24. The van der Waals surface area contributed by atoms with E-state index in [-0.39, 0.29) is 39.4 Å². The van der Waals surface area contributed by atoms with E-state index >= 15 is 0 Å². The number of hydrogen-bond acceptors (Lipinski definition) is 6. The summed E-state index contributed by atoms with van der Waals surface area (Å²) in [5.74, 6) is -1.05. The van der Waals surface area contributed by atoms with Gasteiger partial charge in [-0.2, -0.15) is 22.9 Å². The van der Waals surface area contributed by atoms with E-state index in [1.54, 1.807) is 36.4 Å². The van der Waals surface area contributed by atoms with Gasteiger partial charge in [0.2, 0.25) is 0 Å². The van der Waals surface area contributed by atoms with Gasteiger partial charge in [-0.15, -0.1) is 0 Å². The molecule has 190 valence electrons. The Hall–Kier alpha value is -4.67. The van der Waals surface area contributed by atoms with Crippen LogP contribution in [0, 0.1) is 0 Å². The normalized spacial score (nSPS) is 12.6. The average Bonchev–Trinajstić information content (AvgIpc) is 2.88. The third-order valence-electron chi connectivity index (χ3n) is 5.39. The Labute approximate surface area is 208 Å². The summed E-state index contributed by atoms with van der Waals surface area (Å²) in [4.78, 5) is 29.1. The lowest BCUT2D eigenvalue weighted by molar-refractivity contribution is -0.144. The highest BCUT2D eigenvalue weighted by atomic mass is 19.4. The van der Waals surface area contributed by atoms with Gasteiger partial charge in [0.15, 0.2) is 23.4 Å². The molecule has 4 aromatic rings. The van der Waals surface area contributed by atoms with Crippen LogP contribution in [0.2, 0.25) is 0 Å². The fourth-order valence-corrected chi connectivity index (χ4v) is 3.52. The minimum atomic E-state index is -4.60. The molecule has 0 radical (unpaired) electrons. The average molecular weight is 511 g/mol. The summed E-state index contributed by atoms with van der Waals surface area (Å²) in [7, 11) is 1.37. The number of nitrogens with zero attached hydrogens (tertiary/aromatic N) is 3. The van der Waals surface area contributed by atoms with Gasteiger partial charge in [-0.05, 0) is 43.3 Å². The first-order chi connectivity index (χ1) is 17.6. The number of ether oxygens (including phenoxy) is 2. The van der Waals surface area contributed by atoms with Crippen LogP contribution in [0.4, 0.5) is 13.2 Å². The Morgan fingerprint density at radius 2 is 1.84 bits per heavy atom. The molecule has 0 aliphatic rings. The largest absolute Gasteiger partial charge is 0.493 e. The molecule has 0 saturated carbocycles. The van der Waals surface area contributed by atoms with E-state index in [2.05, 4.69) is 10.1 Å². The zero-order valence-electron chi connectivity index (χ0n) is 19.6. The smallest absolute Gasteiger partial charge is 0.416 e. The standard InChI is InChI=1S/C26H20F3N3O5/c1-15(25(34)35)37-22-17(8-6-12-21(22)36-2)14-30-32-23(16-7-5-9-18(13-16)26(27,28)29)31-20-11-4-3-10-19(20)24(32)33/h3-15H,1-2H3,(H,34,35)/t15-/m0/s1. The number of hydrogen-bond donors (Lipinski definition) is 1. The van der Waals surface area contributed by atoms with E-state index in [4.69, 9.17) is 9.47 Å². The van der Waals surface area contributed by atoms with E-state index < -0.39 is 29.4 Å². The van der Waals surface area contributed by atoms with Crippen LogP contribution in [-0.4, -0.2) is 40.2 Å². The van der Waals surface area contributed by atoms with Gasteiger partial charge in [0.1, 0.15) is 0 Å². The number of alkyl halides is 3. The molecule has 8 nitrogen and oxygen atoms in total. The number of carboxylic acids is 1. The summed E-state index contributed by atoms with van der Waals surface area (Å²) < 4.78 is 51.8. The molecule has 1 heterocycles. The number of fused-ring (bicyclic) bond motifs is 1. The van der Waals surface area contributed by atoms with Crippen LogP contribution in [0.5, 0.6) is 11.5 Å². The highest BCUT2D eigenvalue weighted by molar-refractivity contribution is 5.86. The predicted octanol–water partition coefficient (Wildman–Crippen LogP) is 4.83. The molecule has 3 aromatic carbocycles. The molecule has 4 rings (SSSR count). The van der Waals surface area contributed by atoms with Crippen molar-refractivity contribution in [2.45, 2.75) is 19.2 Å². The number of methoxy groups -OCH3 is 1. The molecule has 1 atom stereocenters. The quantitative estimate of drug-likeness (QED) is 0.357. The molecule has 37 heavy (non-hydrogen) atoms. The van der Waals surface area contributed by atoms with Gasteiger partial charge in [0.05, 0.1) is 29.8 Å². The summed E-state index contributed by atoms with van der Waals surface area (Å²) in [5, 5.41) is 13.7. The van der Waals surface area contributed by atoms with Crippen LogP contribution >= 0.6 is 0 Å². The second-order valence-corrected chi connectivity index (χ2v) is 7.87. The molecule has 1 N–H and O–H groups in total. The summed E-state index contributed by atoms with van der Waals surface area (Å²) in [5.41, 5.74) is -0.946. The van der Waals surface area contributed by atoms with E-state index in [9.17, 15) is 27.9 Å². The number of carboxylic acid groups (broad SMARTS) is 1. The maximum absolute atomic E-state index is 13.4. The number of para-hydroxylation sites is 2. The molecule has 0 amide bonds. The zero-order valence-corrected chi connectivity index (χ0v) is 19.6. The minimum absolute atomic E-state index is 0.0245. The third-order valence-corrected chi connectivity index (χ3v) is 5.39. The maximum atomic E-state index is 13.4. The van der Waals surface area contributed by atoms with Crippen LogP contribution in [0.1, 0.15) is 18.1 Å². The topological polar surface area (TPSA) is 103 Å². The Morgan fingerprint density at radius 3 is 2.54 bits per heavy atom. The van der Waals surface area contributed by atoms with Crippen LogP contribution in [0.3, 0.4) is 0 Å². The Morgan fingerprint density at radius 1 is 1.11 bits per heavy atom. The summed E-state index contributed by atoms with van der Waals surface area (Å²) >= 11 is 0. The van der Waals surface area contributed by atoms with E-state index in [0.29, 0.717) is 0 Å². The number of halogens is 3. The van der Waals surface area contributed by atoms with E-state index in [1.165, 1.54) is 38.4 Å². The van der Waals surface area contributed by atoms with Crippen molar-refractivity contribution in [1.29, 1.82) is 0 Å². The summed E-state index contributed by atoms with van der Waals surface area (Å²) in [6.45, 7) is 1.33. The van der Waals surface area contributed by atoms with Crippen molar-refractivity contribution in [3.8, 4) is 22.9 Å². The second-order valence-electron chi connectivity index (χ2n) is 7.87. The lowest BCUT2D eigenvalue weighted by atomic mass is 10.1. The van der Waals surface area contributed by atoms with Gasteiger partial charge in [-0.3, -0.25) is 4.79 Å². The molecule has 0 saturated heterocycles. The molecular weight excluding hydrogens is 491 g/mol. The predicted molar refractivity (Wildman–Crippen MR) is 130 cm³/mol. The van der Waals surface area contributed by atoms with Crippen molar-refractivity contribution in [2.24, 2.45) is 5.10 Å². The highest BCUT2D eigenvalue weighted by Gasteiger charge is 2.31. The molecular formula is C26H20F3N3O5. The molecule has 0 aliphatic carbocycles. The van der Waals surface area contributed by atoms with E-state index in [1.807, 2.05) is 0 Å². The summed E-state index contributed by atoms with van der Waals surface area (Å²) in [6, 6.07) is 15.5. The number of rotatable bonds is 7. The Kier molecular flexibility index (Phi) is 6.96. The van der Waals surface area contributed by atoms with Gasteiger partial charge in [0, 0.05) is 11.1 Å². The van der Waals surface area contributed by atoms with Crippen LogP contribution in [-0.2, 0) is 11.0 Å². The molecule has 0 aliphatic heterocycles. The first-order valence-corrected chi connectivity index (χ1v) is 10.9. The molecule has 0 fully saturated rings. The van der Waals surface area contributed by atoms with Crippen molar-refractivity contribution in [1.82, 2.24) is 9.66 Å². The van der Waals surface area contributed by atoms with Crippen LogP contribution in [0.15, 0.2) is 76.6 Å². The van der Waals surface area contributed by atoms with Crippen molar-refractivity contribution in [2.75, 3.05) is 7.11 Å². The lowest BCUT2D eigenvalue weighted by Gasteiger charge is -2.16.